The molecule has 7 nitrogen and oxygen atoms in total. The number of guanidine groups is 1. The van der Waals surface area contributed by atoms with Gasteiger partial charge in [-0.2, -0.15) is 0 Å². The average Bonchev–Trinajstić information content (AvgIpc) is 3.32. The molecule has 1 aromatic heterocycles. The predicted octanol–water partition coefficient (Wildman–Crippen LogP) is 3.10. The molecule has 1 aliphatic rings. The van der Waals surface area contributed by atoms with E-state index in [1.165, 1.54) is 5.52 Å². The van der Waals surface area contributed by atoms with Crippen LogP contribution in [-0.2, 0) is 16.0 Å². The number of nitrogens with zero attached hydrogens (tertiary/aromatic N) is 3. The summed E-state index contributed by atoms with van der Waals surface area (Å²) in [6, 6.07) is 8.25. The van der Waals surface area contributed by atoms with Crippen LogP contribution in [0.15, 0.2) is 29.3 Å². The van der Waals surface area contributed by atoms with Crippen LogP contribution in [-0.4, -0.2) is 61.1 Å². The van der Waals surface area contributed by atoms with Crippen molar-refractivity contribution in [3.63, 3.8) is 0 Å². The maximum atomic E-state index is 5.70. The predicted molar refractivity (Wildman–Crippen MR) is 128 cm³/mol. The molecule has 162 valence electrons. The Balaban J connectivity index is 0.00000300. The number of hydrogen-bond acceptors (Lipinski definition) is 4. The summed E-state index contributed by atoms with van der Waals surface area (Å²) in [5, 5.41) is 6.72. The molecule has 0 bridgehead atoms. The van der Waals surface area contributed by atoms with Gasteiger partial charge in [0.2, 0.25) is 0 Å². The fourth-order valence-electron chi connectivity index (χ4n) is 3.45. The highest BCUT2D eigenvalue weighted by molar-refractivity contribution is 14.0. The summed E-state index contributed by atoms with van der Waals surface area (Å²) in [5.41, 5.74) is 2.22. The summed E-state index contributed by atoms with van der Waals surface area (Å²) in [6.07, 6.45) is 3.49. The Morgan fingerprint density at radius 1 is 1.34 bits per heavy atom. The van der Waals surface area contributed by atoms with E-state index in [4.69, 9.17) is 9.47 Å². The van der Waals surface area contributed by atoms with Gasteiger partial charge in [0, 0.05) is 39.4 Å². The van der Waals surface area contributed by atoms with Crippen molar-refractivity contribution >= 4 is 41.0 Å². The van der Waals surface area contributed by atoms with E-state index in [0.717, 1.165) is 76.0 Å². The monoisotopic (exact) mass is 515 g/mol. The zero-order valence-electron chi connectivity index (χ0n) is 17.5. The normalized spacial score (nSPS) is 16.8. The first kappa shape index (κ1) is 23.9. The van der Waals surface area contributed by atoms with E-state index in [9.17, 15) is 0 Å². The molecule has 0 aliphatic carbocycles. The molecule has 2 heterocycles. The molecule has 2 aromatic rings. The molecule has 1 atom stereocenters. The zero-order valence-corrected chi connectivity index (χ0v) is 19.9. The van der Waals surface area contributed by atoms with Gasteiger partial charge in [-0.3, -0.25) is 4.99 Å². The van der Waals surface area contributed by atoms with Gasteiger partial charge in [-0.1, -0.05) is 12.1 Å². The van der Waals surface area contributed by atoms with Crippen LogP contribution in [0.1, 0.15) is 32.0 Å². The average molecular weight is 515 g/mol. The van der Waals surface area contributed by atoms with Gasteiger partial charge in [0.05, 0.1) is 23.7 Å². The van der Waals surface area contributed by atoms with E-state index in [1.54, 1.807) is 0 Å². The van der Waals surface area contributed by atoms with Crippen molar-refractivity contribution in [1.29, 1.82) is 0 Å². The Morgan fingerprint density at radius 3 is 3.00 bits per heavy atom. The second-order valence-corrected chi connectivity index (χ2v) is 7.05. The van der Waals surface area contributed by atoms with Crippen molar-refractivity contribution in [3.05, 3.63) is 30.1 Å². The number of nitrogens with one attached hydrogen (secondary N) is 2. The maximum absolute atomic E-state index is 5.70. The fourth-order valence-corrected chi connectivity index (χ4v) is 3.45. The lowest BCUT2D eigenvalue weighted by Crippen LogP contribution is -2.39. The van der Waals surface area contributed by atoms with E-state index in [-0.39, 0.29) is 24.0 Å². The molecule has 1 unspecified atom stereocenters. The lowest BCUT2D eigenvalue weighted by atomic mass is 10.2. The molecule has 29 heavy (non-hydrogen) atoms. The largest absolute Gasteiger partial charge is 0.379 e. The van der Waals surface area contributed by atoms with E-state index < -0.39 is 0 Å². The minimum Gasteiger partial charge on any atom is -0.379 e. The number of rotatable bonds is 10. The third-order valence-corrected chi connectivity index (χ3v) is 4.86. The van der Waals surface area contributed by atoms with Crippen molar-refractivity contribution in [2.45, 2.75) is 45.8 Å². The Labute approximate surface area is 190 Å². The van der Waals surface area contributed by atoms with Crippen LogP contribution in [0, 0.1) is 6.92 Å². The van der Waals surface area contributed by atoms with Crippen molar-refractivity contribution in [1.82, 2.24) is 20.2 Å². The van der Waals surface area contributed by atoms with Gasteiger partial charge in [0.1, 0.15) is 5.82 Å². The molecule has 0 radical (unpaired) electrons. The highest BCUT2D eigenvalue weighted by atomic mass is 127. The Kier molecular flexibility index (Phi) is 10.7. The van der Waals surface area contributed by atoms with Crippen LogP contribution < -0.4 is 10.6 Å². The molecule has 1 aromatic carbocycles. The van der Waals surface area contributed by atoms with Gasteiger partial charge in [-0.25, -0.2) is 4.98 Å². The number of aliphatic imine (C=N–C) groups is 1. The van der Waals surface area contributed by atoms with Crippen LogP contribution in [0.4, 0.5) is 0 Å². The molecule has 1 saturated heterocycles. The van der Waals surface area contributed by atoms with Gasteiger partial charge in [0.25, 0.3) is 0 Å². The molecule has 0 amide bonds. The second kappa shape index (κ2) is 13.0. The summed E-state index contributed by atoms with van der Waals surface area (Å²) in [5.74, 6) is 1.89. The number of aryl methyl sites for hydroxylation is 1. The van der Waals surface area contributed by atoms with Crippen molar-refractivity contribution < 1.29 is 9.47 Å². The summed E-state index contributed by atoms with van der Waals surface area (Å²) >= 11 is 0. The van der Waals surface area contributed by atoms with Crippen LogP contribution in [0.5, 0.6) is 0 Å². The molecule has 1 fully saturated rings. The summed E-state index contributed by atoms with van der Waals surface area (Å²) in [7, 11) is 0. The molecule has 0 saturated carbocycles. The van der Waals surface area contributed by atoms with Gasteiger partial charge < -0.3 is 24.7 Å². The first-order chi connectivity index (χ1) is 13.8. The van der Waals surface area contributed by atoms with Crippen LogP contribution in [0.25, 0.3) is 11.0 Å². The lowest BCUT2D eigenvalue weighted by molar-refractivity contribution is 0.0171. The third-order valence-electron chi connectivity index (χ3n) is 4.86. The van der Waals surface area contributed by atoms with Crippen LogP contribution in [0.3, 0.4) is 0 Å². The maximum Gasteiger partial charge on any atom is 0.191 e. The van der Waals surface area contributed by atoms with Crippen LogP contribution >= 0.6 is 24.0 Å². The van der Waals surface area contributed by atoms with Crippen molar-refractivity contribution in [2.24, 2.45) is 4.99 Å². The first-order valence-electron chi connectivity index (χ1n) is 10.4. The third kappa shape index (κ3) is 7.42. The SMILES string of the molecule is CCNC(=NCCCOCC1CCCO1)NCCn1c(C)nc2ccccc21.I. The highest BCUT2D eigenvalue weighted by Gasteiger charge is 2.14. The van der Waals surface area contributed by atoms with Crippen molar-refractivity contribution in [2.75, 3.05) is 39.5 Å². The Bertz CT molecular complexity index is 759. The smallest absolute Gasteiger partial charge is 0.191 e. The van der Waals surface area contributed by atoms with E-state index >= 15 is 0 Å². The molecule has 2 N–H and O–H groups in total. The fraction of sp³-hybridized carbons (Fsp3) is 0.619. The number of ether oxygens (including phenoxy) is 2. The number of imidazole rings is 1. The second-order valence-electron chi connectivity index (χ2n) is 7.05. The first-order valence-corrected chi connectivity index (χ1v) is 10.4. The minimum absolute atomic E-state index is 0. The number of benzene rings is 1. The van der Waals surface area contributed by atoms with Gasteiger partial charge in [-0.15, -0.1) is 24.0 Å². The Morgan fingerprint density at radius 2 is 2.21 bits per heavy atom. The standard InChI is InChI=1S/C21H33N5O2.HI/c1-3-22-21(23-11-7-14-27-16-18-8-6-15-28-18)24-12-13-26-17(2)25-19-9-4-5-10-20(19)26;/h4-5,9-10,18H,3,6-8,11-16H2,1-2H3,(H2,22,23,24);1H. The topological polar surface area (TPSA) is 72.7 Å². The van der Waals surface area contributed by atoms with Gasteiger partial charge in [0.15, 0.2) is 5.96 Å². The minimum atomic E-state index is 0. The van der Waals surface area contributed by atoms with Crippen molar-refractivity contribution in [3.8, 4) is 0 Å². The molecular formula is C21H34IN5O2. The van der Waals surface area contributed by atoms with E-state index in [1.807, 2.05) is 6.07 Å². The molecular weight excluding hydrogens is 481 g/mol. The highest BCUT2D eigenvalue weighted by Crippen LogP contribution is 2.14. The Hall–Kier alpha value is -1.39. The van der Waals surface area contributed by atoms with Gasteiger partial charge in [-0.05, 0) is 45.2 Å². The molecule has 0 spiro atoms. The van der Waals surface area contributed by atoms with E-state index in [2.05, 4.69) is 57.2 Å². The lowest BCUT2D eigenvalue weighted by Gasteiger charge is -2.13. The number of fused-ring (bicyclic) bond motifs is 1. The van der Waals surface area contributed by atoms with Gasteiger partial charge >= 0.3 is 0 Å². The molecule has 3 rings (SSSR count). The number of halogens is 1. The molecule has 8 heteroatoms. The van der Waals surface area contributed by atoms with E-state index in [0.29, 0.717) is 12.7 Å². The zero-order chi connectivity index (χ0) is 19.6. The summed E-state index contributed by atoms with van der Waals surface area (Å²) in [4.78, 5) is 9.26. The summed E-state index contributed by atoms with van der Waals surface area (Å²) in [6.45, 7) is 9.67. The summed E-state index contributed by atoms with van der Waals surface area (Å²) < 4.78 is 13.5. The van der Waals surface area contributed by atoms with Crippen LogP contribution in [0.2, 0.25) is 0 Å². The number of para-hydroxylation sites is 2. The quantitative estimate of drug-likeness (QED) is 0.220. The number of hydrogen-bond donors (Lipinski definition) is 2. The number of aromatic nitrogens is 2. The molecule has 1 aliphatic heterocycles.